The van der Waals surface area contributed by atoms with Crippen LogP contribution < -0.4 is 5.32 Å². The standard InChI is InChI=1S/C20H35N3O7SSi/c1-17(24)11-14-22(31(28,29)19-10-6-5-9-18(19)23(26)27)13-8-7-12-21-20(25)30-15-16-32(2,3)4/h5-6,9-10,17,24H,7-8,11-16H2,1-4H3,(H,21,25). The van der Waals surface area contributed by atoms with Gasteiger partial charge in [-0.2, -0.15) is 4.31 Å². The first kappa shape index (κ1) is 28.0. The van der Waals surface area contributed by atoms with Gasteiger partial charge in [-0.05, 0) is 38.3 Å². The van der Waals surface area contributed by atoms with Gasteiger partial charge in [-0.1, -0.05) is 31.8 Å². The first-order chi connectivity index (χ1) is 14.8. The molecule has 1 aromatic carbocycles. The van der Waals surface area contributed by atoms with Crippen LogP contribution in [0, 0.1) is 10.1 Å². The summed E-state index contributed by atoms with van der Waals surface area (Å²) in [6.07, 6.45) is -0.0929. The van der Waals surface area contributed by atoms with E-state index < -0.39 is 40.9 Å². The predicted molar refractivity (Wildman–Crippen MR) is 125 cm³/mol. The van der Waals surface area contributed by atoms with E-state index in [9.17, 15) is 28.4 Å². The van der Waals surface area contributed by atoms with E-state index >= 15 is 0 Å². The zero-order chi connectivity index (χ0) is 24.4. The minimum absolute atomic E-state index is 0.0260. The summed E-state index contributed by atoms with van der Waals surface area (Å²) in [6, 6.07) is 6.08. The zero-order valence-corrected chi connectivity index (χ0v) is 21.1. The van der Waals surface area contributed by atoms with E-state index in [1.54, 1.807) is 6.92 Å². The predicted octanol–water partition coefficient (Wildman–Crippen LogP) is 3.20. The average molecular weight is 490 g/mol. The number of unbranched alkanes of at least 4 members (excludes halogenated alkanes) is 1. The number of nitrogens with one attached hydrogen (secondary N) is 1. The highest BCUT2D eigenvalue weighted by molar-refractivity contribution is 7.89. The molecule has 10 nitrogen and oxygen atoms in total. The normalized spacial score (nSPS) is 13.1. The third-order valence-electron chi connectivity index (χ3n) is 4.66. The van der Waals surface area contributed by atoms with Crippen LogP contribution >= 0.6 is 0 Å². The summed E-state index contributed by atoms with van der Waals surface area (Å²) in [4.78, 5) is 21.9. The van der Waals surface area contributed by atoms with Gasteiger partial charge in [-0.3, -0.25) is 10.1 Å². The SMILES string of the molecule is CC(O)CCN(CCCCNC(=O)OCC[Si](C)(C)C)S(=O)(=O)c1ccccc1[N+](=O)[O-]. The van der Waals surface area contributed by atoms with Gasteiger partial charge in [0.2, 0.25) is 10.0 Å². The van der Waals surface area contributed by atoms with Crippen molar-refractivity contribution in [2.75, 3.05) is 26.2 Å². The van der Waals surface area contributed by atoms with E-state index in [-0.39, 0.29) is 24.4 Å². The number of nitro groups is 1. The van der Waals surface area contributed by atoms with Crippen molar-refractivity contribution >= 4 is 29.9 Å². The quantitative estimate of drug-likeness (QED) is 0.177. The largest absolute Gasteiger partial charge is 0.450 e. The van der Waals surface area contributed by atoms with E-state index in [0.29, 0.717) is 26.0 Å². The first-order valence-electron chi connectivity index (χ1n) is 10.7. The highest BCUT2D eigenvalue weighted by Crippen LogP contribution is 2.26. The van der Waals surface area contributed by atoms with Crippen molar-refractivity contribution in [3.05, 3.63) is 34.4 Å². The van der Waals surface area contributed by atoms with Gasteiger partial charge in [0.15, 0.2) is 4.90 Å². The number of aliphatic hydroxyl groups is 1. The number of hydrogen-bond acceptors (Lipinski definition) is 7. The number of ether oxygens (including phenoxy) is 1. The number of amides is 1. The molecule has 1 amide bonds. The second-order valence-electron chi connectivity index (χ2n) is 8.85. The summed E-state index contributed by atoms with van der Waals surface area (Å²) in [5.41, 5.74) is -0.489. The van der Waals surface area contributed by atoms with Gasteiger partial charge in [0.1, 0.15) is 0 Å². The lowest BCUT2D eigenvalue weighted by atomic mass is 10.2. The van der Waals surface area contributed by atoms with E-state index in [0.717, 1.165) is 16.4 Å². The second kappa shape index (κ2) is 12.9. The lowest BCUT2D eigenvalue weighted by Crippen LogP contribution is -2.35. The highest BCUT2D eigenvalue weighted by Gasteiger charge is 2.31. The Morgan fingerprint density at radius 2 is 1.91 bits per heavy atom. The topological polar surface area (TPSA) is 139 Å². The van der Waals surface area contributed by atoms with Crippen LogP contribution in [0.25, 0.3) is 0 Å². The summed E-state index contributed by atoms with van der Waals surface area (Å²) < 4.78 is 32.5. The second-order valence-corrected chi connectivity index (χ2v) is 16.4. The van der Waals surface area contributed by atoms with Crippen LogP contribution in [-0.2, 0) is 14.8 Å². The van der Waals surface area contributed by atoms with Crippen molar-refractivity contribution in [3.63, 3.8) is 0 Å². The minimum Gasteiger partial charge on any atom is -0.450 e. The Bertz CT molecular complexity index is 857. The fourth-order valence-corrected chi connectivity index (χ4v) is 5.12. The molecule has 1 unspecified atom stereocenters. The molecule has 0 saturated carbocycles. The van der Waals surface area contributed by atoms with Gasteiger partial charge in [0.25, 0.3) is 5.69 Å². The number of carbonyl (C=O) groups excluding carboxylic acids is 1. The fraction of sp³-hybridized carbons (Fsp3) is 0.650. The molecule has 1 rings (SSSR count). The van der Waals surface area contributed by atoms with E-state index in [4.69, 9.17) is 4.74 Å². The molecule has 0 radical (unpaired) electrons. The van der Waals surface area contributed by atoms with Crippen molar-refractivity contribution in [1.82, 2.24) is 9.62 Å². The monoisotopic (exact) mass is 489 g/mol. The number of benzene rings is 1. The average Bonchev–Trinajstić information content (AvgIpc) is 2.68. The lowest BCUT2D eigenvalue weighted by Gasteiger charge is -2.23. The minimum atomic E-state index is -4.13. The molecule has 1 aromatic rings. The van der Waals surface area contributed by atoms with Crippen LogP contribution in [0.5, 0.6) is 0 Å². The molecule has 0 bridgehead atoms. The number of hydrogen-bond donors (Lipinski definition) is 2. The first-order valence-corrected chi connectivity index (χ1v) is 15.8. The number of nitro benzene ring substituents is 1. The fourth-order valence-electron chi connectivity index (χ4n) is 2.75. The summed E-state index contributed by atoms with van der Waals surface area (Å²) >= 11 is 0. The Hall–Kier alpha value is -2.02. The molecule has 0 aliphatic heterocycles. The third-order valence-corrected chi connectivity index (χ3v) is 8.32. The Morgan fingerprint density at radius 1 is 1.25 bits per heavy atom. The smallest absolute Gasteiger partial charge is 0.407 e. The van der Waals surface area contributed by atoms with E-state index in [1.807, 2.05) is 0 Å². The van der Waals surface area contributed by atoms with Crippen molar-refractivity contribution in [2.45, 2.75) is 62.9 Å². The molecule has 182 valence electrons. The summed E-state index contributed by atoms with van der Waals surface area (Å²) in [5, 5.41) is 23.5. The summed E-state index contributed by atoms with van der Waals surface area (Å²) in [6.45, 7) is 8.95. The molecular formula is C20H35N3O7SSi. The molecule has 1 atom stereocenters. The molecule has 0 fully saturated rings. The molecule has 0 heterocycles. The Morgan fingerprint density at radius 3 is 2.50 bits per heavy atom. The third kappa shape index (κ3) is 10.1. The Balaban J connectivity index is 2.67. The lowest BCUT2D eigenvalue weighted by molar-refractivity contribution is -0.387. The maximum atomic E-state index is 13.1. The van der Waals surface area contributed by atoms with Crippen LogP contribution in [-0.4, -0.2) is 69.3 Å². The van der Waals surface area contributed by atoms with E-state index in [1.165, 1.54) is 18.2 Å². The molecule has 0 saturated heterocycles. The Labute approximate surface area is 191 Å². The maximum Gasteiger partial charge on any atom is 0.407 e. The molecule has 0 aliphatic rings. The summed E-state index contributed by atoms with van der Waals surface area (Å²) in [5.74, 6) is 0. The van der Waals surface area contributed by atoms with Gasteiger partial charge in [0, 0.05) is 33.8 Å². The van der Waals surface area contributed by atoms with Gasteiger partial charge in [-0.15, -0.1) is 0 Å². The van der Waals surface area contributed by atoms with Crippen molar-refractivity contribution < 1.29 is 28.0 Å². The number of aliphatic hydroxyl groups excluding tert-OH is 1. The number of carbonyl (C=O) groups is 1. The van der Waals surface area contributed by atoms with Gasteiger partial charge >= 0.3 is 6.09 Å². The maximum absolute atomic E-state index is 13.1. The molecule has 32 heavy (non-hydrogen) atoms. The van der Waals surface area contributed by atoms with Gasteiger partial charge in [0.05, 0.1) is 17.6 Å². The Kier molecular flexibility index (Phi) is 11.3. The van der Waals surface area contributed by atoms with Gasteiger partial charge in [-0.25, -0.2) is 13.2 Å². The molecule has 12 heteroatoms. The van der Waals surface area contributed by atoms with Crippen LogP contribution in [0.2, 0.25) is 25.7 Å². The van der Waals surface area contributed by atoms with Crippen molar-refractivity contribution in [2.24, 2.45) is 0 Å². The van der Waals surface area contributed by atoms with Crippen molar-refractivity contribution in [3.8, 4) is 0 Å². The van der Waals surface area contributed by atoms with Gasteiger partial charge < -0.3 is 15.2 Å². The number of nitrogens with zero attached hydrogens (tertiary/aromatic N) is 2. The molecule has 2 N–H and O–H groups in total. The molecular weight excluding hydrogens is 454 g/mol. The van der Waals surface area contributed by atoms with Crippen LogP contribution in [0.15, 0.2) is 29.2 Å². The van der Waals surface area contributed by atoms with Crippen molar-refractivity contribution in [1.29, 1.82) is 0 Å². The van der Waals surface area contributed by atoms with E-state index in [2.05, 4.69) is 25.0 Å². The molecule has 0 spiro atoms. The molecule has 0 aromatic heterocycles. The number of sulfonamides is 1. The number of para-hydroxylation sites is 1. The number of alkyl carbamates (subject to hydrolysis) is 1. The summed E-state index contributed by atoms with van der Waals surface area (Å²) in [7, 11) is -5.41. The highest BCUT2D eigenvalue weighted by atomic mass is 32.2. The van der Waals surface area contributed by atoms with Crippen LogP contribution in [0.3, 0.4) is 0 Å². The number of rotatable bonds is 14. The van der Waals surface area contributed by atoms with Crippen LogP contribution in [0.4, 0.5) is 10.5 Å². The zero-order valence-electron chi connectivity index (χ0n) is 19.2. The molecule has 0 aliphatic carbocycles. The van der Waals surface area contributed by atoms with Crippen LogP contribution in [0.1, 0.15) is 26.2 Å².